The number of aryl methyl sites for hydroxylation is 1. The minimum Gasteiger partial charge on any atom is -0.487 e. The van der Waals surface area contributed by atoms with Gasteiger partial charge in [0.15, 0.2) is 11.6 Å². The highest BCUT2D eigenvalue weighted by Crippen LogP contribution is 2.41. The van der Waals surface area contributed by atoms with Crippen LogP contribution in [0.1, 0.15) is 64.3 Å². The van der Waals surface area contributed by atoms with Crippen molar-refractivity contribution < 1.29 is 27.4 Å². The zero-order valence-electron chi connectivity index (χ0n) is 21.5. The Bertz CT molecular complexity index is 1150. The van der Waals surface area contributed by atoms with Crippen molar-refractivity contribution in [2.75, 3.05) is 25.0 Å². The number of amides is 1. The summed E-state index contributed by atoms with van der Waals surface area (Å²) in [6.07, 6.45) is -1.44. The molecular weight excluding hydrogens is 513 g/mol. The van der Waals surface area contributed by atoms with E-state index in [1.54, 1.807) is 16.5 Å². The normalized spacial score (nSPS) is 20.6. The number of likely N-dealkylation sites (tertiary alicyclic amines) is 1. The number of aromatic nitrogens is 4. The largest absolute Gasteiger partial charge is 0.487 e. The Morgan fingerprint density at radius 1 is 1.24 bits per heavy atom. The van der Waals surface area contributed by atoms with E-state index in [0.29, 0.717) is 43.2 Å². The van der Waals surface area contributed by atoms with Crippen LogP contribution in [0.3, 0.4) is 0 Å². The summed E-state index contributed by atoms with van der Waals surface area (Å²) in [7, 11) is 0. The Labute approximate surface area is 218 Å². The topological polar surface area (TPSA) is 94.4 Å². The Morgan fingerprint density at radius 3 is 2.51 bits per heavy atom. The van der Waals surface area contributed by atoms with Gasteiger partial charge in [0.2, 0.25) is 5.95 Å². The van der Waals surface area contributed by atoms with Crippen molar-refractivity contribution in [3.05, 3.63) is 22.6 Å². The molecule has 204 valence electrons. The van der Waals surface area contributed by atoms with E-state index in [1.807, 2.05) is 20.8 Å². The van der Waals surface area contributed by atoms with Gasteiger partial charge in [0.05, 0.1) is 12.6 Å². The minimum atomic E-state index is -4.65. The predicted molar refractivity (Wildman–Crippen MR) is 131 cm³/mol. The van der Waals surface area contributed by atoms with Crippen molar-refractivity contribution in [1.29, 1.82) is 0 Å². The second-order valence-electron chi connectivity index (χ2n) is 10.7. The van der Waals surface area contributed by atoms with E-state index in [4.69, 9.17) is 21.1 Å². The molecule has 2 fully saturated rings. The molecule has 37 heavy (non-hydrogen) atoms. The molecule has 13 heteroatoms. The number of rotatable bonds is 6. The van der Waals surface area contributed by atoms with Gasteiger partial charge in [-0.2, -0.15) is 18.3 Å². The molecule has 2 aromatic heterocycles. The maximum absolute atomic E-state index is 13.1. The molecule has 1 unspecified atom stereocenters. The molecule has 1 aliphatic carbocycles. The van der Waals surface area contributed by atoms with Gasteiger partial charge in [-0.15, -0.1) is 0 Å². The van der Waals surface area contributed by atoms with Gasteiger partial charge in [0.1, 0.15) is 22.0 Å². The third-order valence-electron chi connectivity index (χ3n) is 6.59. The Morgan fingerprint density at radius 2 is 1.95 bits per heavy atom. The van der Waals surface area contributed by atoms with Crippen LogP contribution in [0.5, 0.6) is 5.75 Å². The third kappa shape index (κ3) is 6.22. The SMILES string of the molecule is Cc1nn(C2CCC2)c(Nc2ncc(C(F)(F)F)c(Cl)n2)c1OCC1CN(C(=O)OC(C)(C)C)C[C@H]1C. The molecule has 0 radical (unpaired) electrons. The van der Waals surface area contributed by atoms with E-state index >= 15 is 0 Å². The van der Waals surface area contributed by atoms with Crippen molar-refractivity contribution >= 4 is 29.5 Å². The molecule has 3 heterocycles. The van der Waals surface area contributed by atoms with Crippen molar-refractivity contribution in [1.82, 2.24) is 24.6 Å². The lowest BCUT2D eigenvalue weighted by atomic mass is 9.93. The summed E-state index contributed by atoms with van der Waals surface area (Å²) in [5.41, 5.74) is -1.06. The van der Waals surface area contributed by atoms with Crippen LogP contribution in [0.4, 0.5) is 29.7 Å². The summed E-state index contributed by atoms with van der Waals surface area (Å²) in [5, 5.41) is 6.93. The molecule has 2 aromatic rings. The first-order chi connectivity index (χ1) is 17.2. The lowest BCUT2D eigenvalue weighted by Gasteiger charge is -2.27. The third-order valence-corrected chi connectivity index (χ3v) is 6.88. The number of carbonyl (C=O) groups is 1. The zero-order chi connectivity index (χ0) is 27.1. The highest BCUT2D eigenvalue weighted by atomic mass is 35.5. The van der Waals surface area contributed by atoms with Gasteiger partial charge in [0, 0.05) is 25.2 Å². The molecule has 0 bridgehead atoms. The Balaban J connectivity index is 1.52. The molecule has 1 amide bonds. The van der Waals surface area contributed by atoms with Crippen LogP contribution in [0, 0.1) is 18.8 Å². The number of alkyl halides is 3. The number of ether oxygens (including phenoxy) is 2. The summed E-state index contributed by atoms with van der Waals surface area (Å²) in [6.45, 7) is 10.7. The molecule has 0 spiro atoms. The van der Waals surface area contributed by atoms with Crippen LogP contribution >= 0.6 is 11.6 Å². The van der Waals surface area contributed by atoms with Gasteiger partial charge in [-0.3, -0.25) is 0 Å². The number of hydrogen-bond donors (Lipinski definition) is 1. The van der Waals surface area contributed by atoms with Crippen LogP contribution < -0.4 is 10.1 Å². The summed E-state index contributed by atoms with van der Waals surface area (Å²) in [5.74, 6) is 1.09. The number of halogens is 4. The van der Waals surface area contributed by atoms with Crippen LogP contribution in [0.2, 0.25) is 5.15 Å². The van der Waals surface area contributed by atoms with E-state index < -0.39 is 22.5 Å². The fourth-order valence-electron chi connectivity index (χ4n) is 4.35. The van der Waals surface area contributed by atoms with E-state index in [-0.39, 0.29) is 29.9 Å². The first-order valence-electron chi connectivity index (χ1n) is 12.3. The van der Waals surface area contributed by atoms with Crippen molar-refractivity contribution in [3.63, 3.8) is 0 Å². The number of nitrogens with one attached hydrogen (secondary N) is 1. The molecule has 1 saturated heterocycles. The molecule has 0 aromatic carbocycles. The molecule has 1 N–H and O–H groups in total. The van der Waals surface area contributed by atoms with Gasteiger partial charge < -0.3 is 19.7 Å². The predicted octanol–water partition coefficient (Wildman–Crippen LogP) is 6.00. The van der Waals surface area contributed by atoms with Crippen LogP contribution in [0.15, 0.2) is 6.20 Å². The van der Waals surface area contributed by atoms with E-state index in [9.17, 15) is 18.0 Å². The summed E-state index contributed by atoms with van der Waals surface area (Å²) in [4.78, 5) is 21.8. The smallest absolute Gasteiger partial charge is 0.420 e. The highest BCUT2D eigenvalue weighted by Gasteiger charge is 2.37. The fourth-order valence-corrected chi connectivity index (χ4v) is 4.59. The number of hydrogen-bond acceptors (Lipinski definition) is 7. The average Bonchev–Trinajstić information content (AvgIpc) is 3.23. The van der Waals surface area contributed by atoms with Crippen molar-refractivity contribution in [2.24, 2.45) is 11.8 Å². The van der Waals surface area contributed by atoms with Gasteiger partial charge in [0.25, 0.3) is 0 Å². The zero-order valence-corrected chi connectivity index (χ0v) is 22.3. The summed E-state index contributed by atoms with van der Waals surface area (Å²) in [6, 6.07) is 0.136. The first-order valence-corrected chi connectivity index (χ1v) is 12.7. The van der Waals surface area contributed by atoms with Gasteiger partial charge in [-0.1, -0.05) is 18.5 Å². The average molecular weight is 545 g/mol. The van der Waals surface area contributed by atoms with Gasteiger partial charge >= 0.3 is 12.3 Å². The van der Waals surface area contributed by atoms with E-state index in [1.165, 1.54) is 0 Å². The van der Waals surface area contributed by atoms with E-state index in [0.717, 1.165) is 19.3 Å². The van der Waals surface area contributed by atoms with Crippen molar-refractivity contribution in [2.45, 2.75) is 71.7 Å². The van der Waals surface area contributed by atoms with Crippen molar-refractivity contribution in [3.8, 4) is 5.75 Å². The molecule has 1 saturated carbocycles. The second kappa shape index (κ2) is 10.2. The molecule has 4 rings (SSSR count). The number of carbonyl (C=O) groups excluding carboxylic acids is 1. The lowest BCUT2D eigenvalue weighted by molar-refractivity contribution is -0.137. The number of anilines is 2. The Kier molecular flexibility index (Phi) is 7.51. The van der Waals surface area contributed by atoms with Gasteiger partial charge in [-0.25, -0.2) is 19.4 Å². The van der Waals surface area contributed by atoms with Crippen LogP contribution in [-0.4, -0.2) is 56.0 Å². The summed E-state index contributed by atoms with van der Waals surface area (Å²) < 4.78 is 52.8. The minimum absolute atomic E-state index is 0.0589. The quantitative estimate of drug-likeness (QED) is 0.445. The lowest BCUT2D eigenvalue weighted by Crippen LogP contribution is -2.35. The molecule has 2 atom stereocenters. The van der Waals surface area contributed by atoms with E-state index in [2.05, 4.69) is 27.3 Å². The standard InChI is InChI=1S/C24H32ClF3N6O3/c1-13-10-33(22(35)37-23(3,4)5)11-15(13)12-36-18-14(2)32-34(16-7-6-8-16)20(18)31-21-29-9-17(19(25)30-21)24(26,27)28/h9,13,15-16H,6-8,10-12H2,1-5H3,(H,29,30,31)/t13-,15?/m1/s1. The van der Waals surface area contributed by atoms with Gasteiger partial charge in [-0.05, 0) is 52.9 Å². The first kappa shape index (κ1) is 27.3. The maximum Gasteiger partial charge on any atom is 0.420 e. The monoisotopic (exact) mass is 544 g/mol. The van der Waals surface area contributed by atoms with Crippen LogP contribution in [-0.2, 0) is 10.9 Å². The molecule has 2 aliphatic rings. The fraction of sp³-hybridized carbons (Fsp3) is 0.667. The molecular formula is C24H32ClF3N6O3. The maximum atomic E-state index is 13.1. The van der Waals surface area contributed by atoms with Crippen LogP contribution in [0.25, 0.3) is 0 Å². The highest BCUT2D eigenvalue weighted by molar-refractivity contribution is 6.30. The number of nitrogens with zero attached hydrogens (tertiary/aromatic N) is 5. The second-order valence-corrected chi connectivity index (χ2v) is 11.1. The molecule has 1 aliphatic heterocycles. The molecule has 9 nitrogen and oxygen atoms in total. The Hall–Kier alpha value is -2.76. The summed E-state index contributed by atoms with van der Waals surface area (Å²) >= 11 is 5.80.